The molecule has 1 unspecified atom stereocenters. The summed E-state index contributed by atoms with van der Waals surface area (Å²) in [5, 5.41) is 8.83. The minimum Gasteiger partial charge on any atom is -0.478 e. The number of aromatic carboxylic acids is 1. The van der Waals surface area contributed by atoms with Crippen LogP contribution in [0.25, 0.3) is 0 Å². The van der Waals surface area contributed by atoms with Gasteiger partial charge in [-0.3, -0.25) is 4.21 Å². The number of hydrogen-bond acceptors (Lipinski definition) is 4. The zero-order valence-corrected chi connectivity index (χ0v) is 14.2. The fourth-order valence-corrected chi connectivity index (χ4v) is 4.27. The molecular weight excluding hydrogens is 324 g/mol. The summed E-state index contributed by atoms with van der Waals surface area (Å²) in [6.45, 7) is 4.29. The van der Waals surface area contributed by atoms with Gasteiger partial charge in [-0.05, 0) is 41.5 Å². The molecule has 0 saturated carbocycles. The van der Waals surface area contributed by atoms with Crippen LogP contribution in [0.3, 0.4) is 0 Å². The first-order chi connectivity index (χ1) is 11.4. The Kier molecular flexibility index (Phi) is 4.20. The molecule has 2 aromatic rings. The Labute approximate surface area is 142 Å². The molecule has 0 radical (unpaired) electrons. The summed E-state index contributed by atoms with van der Waals surface area (Å²) in [4.78, 5) is 19.5. The van der Waals surface area contributed by atoms with E-state index < -0.39 is 16.8 Å². The molecule has 6 heteroatoms. The second kappa shape index (κ2) is 6.17. The van der Waals surface area contributed by atoms with Gasteiger partial charge in [0.15, 0.2) is 0 Å². The number of aromatic nitrogens is 2. The first-order valence-electron chi connectivity index (χ1n) is 7.47. The molecule has 24 heavy (non-hydrogen) atoms. The molecule has 122 valence electrons. The summed E-state index contributed by atoms with van der Waals surface area (Å²) in [6, 6.07) is 5.70. The van der Waals surface area contributed by atoms with Crippen molar-refractivity contribution in [1.29, 1.82) is 0 Å². The van der Waals surface area contributed by atoms with Crippen molar-refractivity contribution in [2.75, 3.05) is 5.75 Å². The van der Waals surface area contributed by atoms with Crippen LogP contribution in [0.2, 0.25) is 0 Å². The average molecular weight is 340 g/mol. The lowest BCUT2D eigenvalue weighted by molar-refractivity contribution is 0.0696. The number of hydrogen-bond donors (Lipinski definition) is 1. The van der Waals surface area contributed by atoms with Crippen LogP contribution in [0.4, 0.5) is 0 Å². The Hall–Kier alpha value is -2.52. The highest BCUT2D eigenvalue weighted by atomic mass is 32.2. The zero-order valence-electron chi connectivity index (χ0n) is 13.4. The molecule has 5 nitrogen and oxygen atoms in total. The number of carboxylic acids is 1. The van der Waals surface area contributed by atoms with Crippen molar-refractivity contribution in [2.45, 2.75) is 30.6 Å². The monoisotopic (exact) mass is 340 g/mol. The molecular formula is C18H16N2O3S. The summed E-state index contributed by atoms with van der Waals surface area (Å²) in [5.74, 6) is 5.71. The van der Waals surface area contributed by atoms with Crippen LogP contribution in [0.15, 0.2) is 35.5 Å². The molecule has 0 saturated heterocycles. The maximum absolute atomic E-state index is 12.2. The predicted octanol–water partition coefficient (Wildman–Crippen LogP) is 2.36. The van der Waals surface area contributed by atoms with Gasteiger partial charge in [0.05, 0.1) is 16.4 Å². The van der Waals surface area contributed by atoms with E-state index >= 15 is 0 Å². The van der Waals surface area contributed by atoms with E-state index in [1.165, 1.54) is 12.4 Å². The largest absolute Gasteiger partial charge is 0.478 e. The Bertz CT molecular complexity index is 893. The number of fused-ring (bicyclic) bond motifs is 1. The highest BCUT2D eigenvalue weighted by molar-refractivity contribution is 7.85. The Morgan fingerprint density at radius 3 is 2.62 bits per heavy atom. The molecule has 0 amide bonds. The number of benzene rings is 1. The van der Waals surface area contributed by atoms with Gasteiger partial charge in [0.1, 0.15) is 0 Å². The molecule has 1 aliphatic heterocycles. The van der Waals surface area contributed by atoms with Gasteiger partial charge in [0.2, 0.25) is 5.82 Å². The van der Waals surface area contributed by atoms with Gasteiger partial charge in [-0.25, -0.2) is 14.8 Å². The number of nitrogens with zero attached hydrogens (tertiary/aromatic N) is 2. The summed E-state index contributed by atoms with van der Waals surface area (Å²) in [6.07, 6.45) is 3.35. The normalized spacial score (nSPS) is 18.2. The second-order valence-electron chi connectivity index (χ2n) is 6.24. The molecule has 2 heterocycles. The molecule has 1 N–H and O–H groups in total. The fraction of sp³-hybridized carbons (Fsp3) is 0.278. The fourth-order valence-electron chi connectivity index (χ4n) is 2.56. The van der Waals surface area contributed by atoms with E-state index in [9.17, 15) is 9.00 Å². The standard InChI is InChI=1S/C18H16N2O3S/c1-18(2)7-8-24(23)15-5-3-12(9-14(15)18)4-6-16-19-10-13(11-20-16)17(21)22/h3,5,9-11H,7-8H2,1-2H3,(H,21,22). The van der Waals surface area contributed by atoms with Gasteiger partial charge < -0.3 is 5.11 Å². The maximum Gasteiger partial charge on any atom is 0.338 e. The van der Waals surface area contributed by atoms with Crippen molar-refractivity contribution in [2.24, 2.45) is 0 Å². The van der Waals surface area contributed by atoms with E-state index in [1.54, 1.807) is 0 Å². The Morgan fingerprint density at radius 1 is 1.25 bits per heavy atom. The van der Waals surface area contributed by atoms with Crippen molar-refractivity contribution >= 4 is 16.8 Å². The topological polar surface area (TPSA) is 80.2 Å². The third kappa shape index (κ3) is 3.22. The molecule has 1 atom stereocenters. The van der Waals surface area contributed by atoms with Crippen molar-refractivity contribution in [3.63, 3.8) is 0 Å². The van der Waals surface area contributed by atoms with E-state index in [0.717, 1.165) is 22.4 Å². The third-order valence-corrected chi connectivity index (χ3v) is 5.51. The maximum atomic E-state index is 12.2. The highest BCUT2D eigenvalue weighted by Crippen LogP contribution is 2.37. The molecule has 1 aromatic carbocycles. The van der Waals surface area contributed by atoms with Crippen LogP contribution in [-0.2, 0) is 16.2 Å². The summed E-state index contributed by atoms with van der Waals surface area (Å²) in [7, 11) is -0.946. The molecule has 0 fully saturated rings. The van der Waals surface area contributed by atoms with Crippen LogP contribution in [0.1, 0.15) is 47.6 Å². The molecule has 0 aliphatic carbocycles. The minimum absolute atomic E-state index is 0.0264. The van der Waals surface area contributed by atoms with Crippen molar-refractivity contribution in [3.05, 3.63) is 53.1 Å². The average Bonchev–Trinajstić information content (AvgIpc) is 2.57. The van der Waals surface area contributed by atoms with E-state index in [-0.39, 0.29) is 16.8 Å². The van der Waals surface area contributed by atoms with E-state index in [0.29, 0.717) is 5.75 Å². The lowest BCUT2D eigenvalue weighted by Crippen LogP contribution is -2.27. The quantitative estimate of drug-likeness (QED) is 0.806. The van der Waals surface area contributed by atoms with Gasteiger partial charge in [-0.1, -0.05) is 19.8 Å². The first kappa shape index (κ1) is 16.3. The predicted molar refractivity (Wildman–Crippen MR) is 90.3 cm³/mol. The molecule has 0 bridgehead atoms. The Morgan fingerprint density at radius 2 is 1.96 bits per heavy atom. The van der Waals surface area contributed by atoms with Gasteiger partial charge >= 0.3 is 5.97 Å². The van der Waals surface area contributed by atoms with Crippen LogP contribution in [0, 0.1) is 11.8 Å². The number of carboxylic acid groups (broad SMARTS) is 1. The summed E-state index contributed by atoms with van der Waals surface area (Å²) >= 11 is 0. The molecule has 0 spiro atoms. The van der Waals surface area contributed by atoms with Crippen LogP contribution >= 0.6 is 0 Å². The smallest absolute Gasteiger partial charge is 0.338 e. The van der Waals surface area contributed by atoms with Crippen molar-refractivity contribution in [1.82, 2.24) is 9.97 Å². The van der Waals surface area contributed by atoms with Crippen molar-refractivity contribution < 1.29 is 14.1 Å². The number of carbonyl (C=O) groups is 1. The van der Waals surface area contributed by atoms with Crippen LogP contribution < -0.4 is 0 Å². The highest BCUT2D eigenvalue weighted by Gasteiger charge is 2.31. The SMILES string of the molecule is CC1(C)CCS(=O)c2ccc(C#Cc3ncc(C(=O)O)cn3)cc21. The van der Waals surface area contributed by atoms with E-state index in [1.807, 2.05) is 18.2 Å². The van der Waals surface area contributed by atoms with E-state index in [2.05, 4.69) is 35.7 Å². The third-order valence-electron chi connectivity index (χ3n) is 4.08. The Balaban J connectivity index is 1.92. The number of rotatable bonds is 1. The lowest BCUT2D eigenvalue weighted by Gasteiger charge is -2.31. The molecule has 3 rings (SSSR count). The minimum atomic E-state index is -1.07. The summed E-state index contributed by atoms with van der Waals surface area (Å²) < 4.78 is 12.2. The summed E-state index contributed by atoms with van der Waals surface area (Å²) in [5.41, 5.74) is 1.87. The molecule has 1 aliphatic rings. The van der Waals surface area contributed by atoms with Crippen LogP contribution in [-0.4, -0.2) is 31.0 Å². The van der Waals surface area contributed by atoms with Gasteiger partial charge in [-0.15, -0.1) is 0 Å². The lowest BCUT2D eigenvalue weighted by atomic mass is 9.81. The van der Waals surface area contributed by atoms with Crippen LogP contribution in [0.5, 0.6) is 0 Å². The van der Waals surface area contributed by atoms with Gasteiger partial charge in [-0.2, -0.15) is 0 Å². The second-order valence-corrected chi connectivity index (χ2v) is 7.78. The van der Waals surface area contributed by atoms with E-state index in [4.69, 9.17) is 5.11 Å². The molecule has 1 aromatic heterocycles. The van der Waals surface area contributed by atoms with Crippen molar-refractivity contribution in [3.8, 4) is 11.8 Å². The first-order valence-corrected chi connectivity index (χ1v) is 8.79. The zero-order chi connectivity index (χ0) is 17.3. The van der Waals surface area contributed by atoms with Gasteiger partial charge in [0.25, 0.3) is 0 Å². The van der Waals surface area contributed by atoms with Gasteiger partial charge in [0, 0.05) is 28.6 Å².